The van der Waals surface area contributed by atoms with Gasteiger partial charge in [0.15, 0.2) is 0 Å². The van der Waals surface area contributed by atoms with E-state index in [2.05, 4.69) is 35.2 Å². The zero-order valence-electron chi connectivity index (χ0n) is 6.27. The van der Waals surface area contributed by atoms with Gasteiger partial charge in [0.25, 0.3) is 0 Å². The predicted octanol–water partition coefficient (Wildman–Crippen LogP) is 4.34. The Hall–Kier alpha value is 0.140. The van der Waals surface area contributed by atoms with Gasteiger partial charge in [0.05, 0.1) is 4.70 Å². The van der Waals surface area contributed by atoms with Gasteiger partial charge in [-0.15, -0.1) is 22.7 Å². The fourth-order valence-corrected chi connectivity index (χ4v) is 4.18. The Kier molecular flexibility index (Phi) is 1.82. The SMILES string of the molecule is Cc1sc2c(Br)csc2c1C. The molecule has 2 heterocycles. The van der Waals surface area contributed by atoms with Gasteiger partial charge in [-0.05, 0) is 35.3 Å². The zero-order chi connectivity index (χ0) is 8.01. The lowest BCUT2D eigenvalue weighted by Crippen LogP contribution is -1.63. The first-order valence-corrected chi connectivity index (χ1v) is 5.81. The largest absolute Gasteiger partial charge is 0.141 e. The molecule has 2 aromatic heterocycles. The molecule has 3 heteroatoms. The number of hydrogen-bond acceptors (Lipinski definition) is 2. The van der Waals surface area contributed by atoms with Gasteiger partial charge in [-0.1, -0.05) is 0 Å². The Morgan fingerprint density at radius 2 is 2.00 bits per heavy atom. The first-order chi connectivity index (χ1) is 5.20. The maximum Gasteiger partial charge on any atom is 0.0598 e. The second-order valence-corrected chi connectivity index (χ2v) is 5.48. The molecule has 0 aromatic carbocycles. The minimum absolute atomic E-state index is 1.25. The van der Waals surface area contributed by atoms with Crippen molar-refractivity contribution < 1.29 is 0 Å². The summed E-state index contributed by atoms with van der Waals surface area (Å²) in [5.74, 6) is 0. The summed E-state index contributed by atoms with van der Waals surface area (Å²) in [6.07, 6.45) is 0. The summed E-state index contributed by atoms with van der Waals surface area (Å²) in [6.45, 7) is 4.37. The standard InChI is InChI=1S/C8H7BrS2/c1-4-5(2)11-8-6(9)3-10-7(4)8/h3H,1-2H3. The van der Waals surface area contributed by atoms with Crippen LogP contribution in [0.5, 0.6) is 0 Å². The Morgan fingerprint density at radius 3 is 2.64 bits per heavy atom. The van der Waals surface area contributed by atoms with Crippen molar-refractivity contribution in [1.29, 1.82) is 0 Å². The van der Waals surface area contributed by atoms with Crippen molar-refractivity contribution in [1.82, 2.24) is 0 Å². The Morgan fingerprint density at radius 1 is 1.27 bits per heavy atom. The minimum atomic E-state index is 1.25. The topological polar surface area (TPSA) is 0 Å². The molecule has 0 spiro atoms. The highest BCUT2D eigenvalue weighted by Gasteiger charge is 2.08. The van der Waals surface area contributed by atoms with Crippen molar-refractivity contribution in [3.05, 3.63) is 20.3 Å². The van der Waals surface area contributed by atoms with Crippen LogP contribution >= 0.6 is 38.6 Å². The molecule has 2 aromatic rings. The van der Waals surface area contributed by atoms with Crippen LogP contribution in [0.25, 0.3) is 9.40 Å². The number of fused-ring (bicyclic) bond motifs is 1. The zero-order valence-corrected chi connectivity index (χ0v) is 9.49. The Balaban J connectivity index is 2.93. The molecule has 0 radical (unpaired) electrons. The van der Waals surface area contributed by atoms with E-state index >= 15 is 0 Å². The van der Waals surface area contributed by atoms with Gasteiger partial charge in [0.1, 0.15) is 0 Å². The molecule has 0 N–H and O–H groups in total. The first-order valence-electron chi connectivity index (χ1n) is 3.33. The van der Waals surface area contributed by atoms with Gasteiger partial charge in [0, 0.05) is 19.4 Å². The van der Waals surface area contributed by atoms with E-state index in [1.807, 2.05) is 22.7 Å². The molecular formula is C8H7BrS2. The fourth-order valence-electron chi connectivity index (χ4n) is 1.07. The molecule has 2 rings (SSSR count). The van der Waals surface area contributed by atoms with Crippen molar-refractivity contribution in [2.24, 2.45) is 0 Å². The third kappa shape index (κ3) is 1.06. The van der Waals surface area contributed by atoms with Crippen molar-refractivity contribution in [2.75, 3.05) is 0 Å². The summed E-state index contributed by atoms with van der Waals surface area (Å²) in [7, 11) is 0. The third-order valence-corrected chi connectivity index (χ3v) is 5.49. The van der Waals surface area contributed by atoms with Crippen LogP contribution < -0.4 is 0 Å². The van der Waals surface area contributed by atoms with Gasteiger partial charge in [-0.25, -0.2) is 0 Å². The quantitative estimate of drug-likeness (QED) is 0.649. The van der Waals surface area contributed by atoms with Crippen molar-refractivity contribution in [3.63, 3.8) is 0 Å². The molecule has 0 unspecified atom stereocenters. The summed E-state index contributed by atoms with van der Waals surface area (Å²) in [5.41, 5.74) is 1.45. The molecule has 0 aliphatic rings. The number of halogens is 1. The summed E-state index contributed by atoms with van der Waals surface area (Å²) < 4.78 is 4.10. The lowest BCUT2D eigenvalue weighted by atomic mass is 10.3. The van der Waals surface area contributed by atoms with Crippen LogP contribution in [-0.4, -0.2) is 0 Å². The molecule has 0 atom stereocenters. The van der Waals surface area contributed by atoms with Gasteiger partial charge < -0.3 is 0 Å². The summed E-state index contributed by atoms with van der Waals surface area (Å²) >= 11 is 7.24. The normalized spacial score (nSPS) is 11.2. The van der Waals surface area contributed by atoms with Crippen LogP contribution in [0.1, 0.15) is 10.4 Å². The highest BCUT2D eigenvalue weighted by atomic mass is 79.9. The lowest BCUT2D eigenvalue weighted by Gasteiger charge is -1.83. The molecule has 11 heavy (non-hydrogen) atoms. The van der Waals surface area contributed by atoms with Crippen LogP contribution in [0.4, 0.5) is 0 Å². The van der Waals surface area contributed by atoms with Crippen LogP contribution in [0.2, 0.25) is 0 Å². The summed E-state index contributed by atoms with van der Waals surface area (Å²) in [4.78, 5) is 1.44. The molecule has 0 nitrogen and oxygen atoms in total. The minimum Gasteiger partial charge on any atom is -0.141 e. The molecular weight excluding hydrogens is 240 g/mol. The van der Waals surface area contributed by atoms with Gasteiger partial charge in [-0.2, -0.15) is 0 Å². The van der Waals surface area contributed by atoms with Gasteiger partial charge in [-0.3, -0.25) is 0 Å². The average Bonchev–Trinajstić information content (AvgIpc) is 2.43. The van der Waals surface area contributed by atoms with Crippen molar-refractivity contribution >= 4 is 48.0 Å². The predicted molar refractivity (Wildman–Crippen MR) is 56.9 cm³/mol. The molecule has 0 aliphatic carbocycles. The van der Waals surface area contributed by atoms with E-state index in [4.69, 9.17) is 0 Å². The second kappa shape index (κ2) is 2.57. The fraction of sp³-hybridized carbons (Fsp3) is 0.250. The third-order valence-electron chi connectivity index (χ3n) is 1.83. The van der Waals surface area contributed by atoms with Gasteiger partial charge >= 0.3 is 0 Å². The molecule has 0 saturated carbocycles. The molecule has 0 fully saturated rings. The molecule has 0 aliphatic heterocycles. The highest BCUT2D eigenvalue weighted by molar-refractivity contribution is 9.10. The average molecular weight is 247 g/mol. The van der Waals surface area contributed by atoms with Crippen molar-refractivity contribution in [3.8, 4) is 0 Å². The van der Waals surface area contributed by atoms with Crippen molar-refractivity contribution in [2.45, 2.75) is 13.8 Å². The molecule has 58 valence electrons. The van der Waals surface area contributed by atoms with E-state index in [1.165, 1.54) is 24.3 Å². The van der Waals surface area contributed by atoms with Crippen LogP contribution in [-0.2, 0) is 0 Å². The maximum absolute atomic E-state index is 3.54. The summed E-state index contributed by atoms with van der Waals surface area (Å²) in [6, 6.07) is 0. The van der Waals surface area contributed by atoms with Crippen LogP contribution in [0, 0.1) is 13.8 Å². The Bertz CT molecular complexity index is 397. The van der Waals surface area contributed by atoms with E-state index in [0.717, 1.165) is 0 Å². The van der Waals surface area contributed by atoms with E-state index in [0.29, 0.717) is 0 Å². The molecule has 0 saturated heterocycles. The second-order valence-electron chi connectivity index (χ2n) is 2.53. The number of hydrogen-bond donors (Lipinski definition) is 0. The van der Waals surface area contributed by atoms with Crippen LogP contribution in [0.3, 0.4) is 0 Å². The first kappa shape index (κ1) is 7.77. The highest BCUT2D eigenvalue weighted by Crippen LogP contribution is 2.39. The van der Waals surface area contributed by atoms with Gasteiger partial charge in [0.2, 0.25) is 0 Å². The number of aryl methyl sites for hydroxylation is 2. The van der Waals surface area contributed by atoms with Crippen LogP contribution in [0.15, 0.2) is 9.85 Å². The summed E-state index contributed by atoms with van der Waals surface area (Å²) in [5, 5.41) is 2.16. The molecule has 0 amide bonds. The Labute approximate surface area is 82.0 Å². The number of rotatable bonds is 0. The lowest BCUT2D eigenvalue weighted by molar-refractivity contribution is 1.48. The monoisotopic (exact) mass is 246 g/mol. The smallest absolute Gasteiger partial charge is 0.0598 e. The van der Waals surface area contributed by atoms with E-state index in [1.54, 1.807) is 0 Å². The number of thiophene rings is 2. The van der Waals surface area contributed by atoms with E-state index < -0.39 is 0 Å². The van der Waals surface area contributed by atoms with E-state index in [-0.39, 0.29) is 0 Å². The maximum atomic E-state index is 3.54. The molecule has 0 bridgehead atoms. The van der Waals surface area contributed by atoms with E-state index in [9.17, 15) is 0 Å².